The zero-order chi connectivity index (χ0) is 14.4. The van der Waals surface area contributed by atoms with E-state index in [2.05, 4.69) is 9.97 Å². The van der Waals surface area contributed by atoms with Crippen molar-refractivity contribution in [2.45, 2.75) is 13.8 Å². The molecule has 0 saturated carbocycles. The van der Waals surface area contributed by atoms with Gasteiger partial charge in [-0.2, -0.15) is 0 Å². The second-order valence-corrected chi connectivity index (χ2v) is 5.75. The van der Waals surface area contributed by atoms with E-state index in [1.807, 2.05) is 13.8 Å². The fraction of sp³-hybridized carbons (Fsp3) is 0.143. The van der Waals surface area contributed by atoms with E-state index in [9.17, 15) is 14.3 Å². The molecule has 0 bridgehead atoms. The molecular weight excluding hydrogens is 279 g/mol. The quantitative estimate of drug-likeness (QED) is 0.723. The molecule has 0 aliphatic heterocycles. The fourth-order valence-electron chi connectivity index (χ4n) is 2.05. The maximum Gasteiger partial charge on any atom is 0.260 e. The summed E-state index contributed by atoms with van der Waals surface area (Å²) in [4.78, 5) is 20.8. The molecule has 6 heteroatoms. The van der Waals surface area contributed by atoms with E-state index >= 15 is 0 Å². The van der Waals surface area contributed by atoms with Crippen LogP contribution in [0.3, 0.4) is 0 Å². The number of nitrogens with one attached hydrogen (secondary N) is 1. The maximum atomic E-state index is 13.4. The SMILES string of the molecule is Cc1sc2nc(-c3ccc(O)c(F)c3)[nH]c(=O)c2c1C. The number of hydrogen-bond donors (Lipinski definition) is 2. The summed E-state index contributed by atoms with van der Waals surface area (Å²) in [5, 5.41) is 9.77. The number of H-pyrrole nitrogens is 1. The van der Waals surface area contributed by atoms with Gasteiger partial charge in [0.15, 0.2) is 11.6 Å². The third kappa shape index (κ3) is 1.89. The fourth-order valence-corrected chi connectivity index (χ4v) is 3.08. The molecule has 0 spiro atoms. The Morgan fingerprint density at radius 1 is 1.35 bits per heavy atom. The number of phenolic OH excluding ortho intramolecular Hbond substituents is 1. The van der Waals surface area contributed by atoms with Crippen LogP contribution in [0.5, 0.6) is 5.75 Å². The summed E-state index contributed by atoms with van der Waals surface area (Å²) >= 11 is 1.43. The van der Waals surface area contributed by atoms with Crippen molar-refractivity contribution in [3.63, 3.8) is 0 Å². The minimum atomic E-state index is -0.746. The van der Waals surface area contributed by atoms with Crippen molar-refractivity contribution in [3.8, 4) is 17.1 Å². The van der Waals surface area contributed by atoms with Crippen LogP contribution in [-0.4, -0.2) is 15.1 Å². The molecule has 102 valence electrons. The molecule has 0 atom stereocenters. The molecule has 0 aliphatic rings. The molecule has 2 N–H and O–H groups in total. The molecule has 4 nitrogen and oxygen atoms in total. The largest absolute Gasteiger partial charge is 0.505 e. The number of fused-ring (bicyclic) bond motifs is 1. The van der Waals surface area contributed by atoms with Crippen LogP contribution in [0.1, 0.15) is 10.4 Å². The lowest BCUT2D eigenvalue weighted by atomic mass is 10.2. The highest BCUT2D eigenvalue weighted by Crippen LogP contribution is 2.28. The molecule has 20 heavy (non-hydrogen) atoms. The molecule has 3 aromatic rings. The molecule has 2 aromatic heterocycles. The van der Waals surface area contributed by atoms with E-state index in [1.165, 1.54) is 23.5 Å². The maximum absolute atomic E-state index is 13.4. The van der Waals surface area contributed by atoms with Crippen LogP contribution in [0.25, 0.3) is 21.6 Å². The highest BCUT2D eigenvalue weighted by molar-refractivity contribution is 7.18. The molecule has 0 radical (unpaired) electrons. The van der Waals surface area contributed by atoms with Crippen molar-refractivity contribution in [1.82, 2.24) is 9.97 Å². The van der Waals surface area contributed by atoms with E-state index in [-0.39, 0.29) is 5.56 Å². The number of halogens is 1. The number of aromatic hydroxyl groups is 1. The Morgan fingerprint density at radius 3 is 2.80 bits per heavy atom. The number of benzene rings is 1. The minimum Gasteiger partial charge on any atom is -0.505 e. The van der Waals surface area contributed by atoms with Crippen LogP contribution in [-0.2, 0) is 0 Å². The topological polar surface area (TPSA) is 66.0 Å². The van der Waals surface area contributed by atoms with Gasteiger partial charge in [0.05, 0.1) is 5.39 Å². The van der Waals surface area contributed by atoms with E-state index in [1.54, 1.807) is 0 Å². The number of aryl methyl sites for hydroxylation is 2. The zero-order valence-corrected chi connectivity index (χ0v) is 11.6. The summed E-state index contributed by atoms with van der Waals surface area (Å²) in [5.41, 5.74) is 1.10. The van der Waals surface area contributed by atoms with Gasteiger partial charge in [-0.05, 0) is 37.6 Å². The molecule has 0 amide bonds. The van der Waals surface area contributed by atoms with Crippen LogP contribution in [0.2, 0.25) is 0 Å². The molecule has 0 unspecified atom stereocenters. The lowest BCUT2D eigenvalue weighted by Crippen LogP contribution is -2.09. The van der Waals surface area contributed by atoms with Crippen molar-refractivity contribution in [2.24, 2.45) is 0 Å². The van der Waals surface area contributed by atoms with E-state index < -0.39 is 11.6 Å². The van der Waals surface area contributed by atoms with Crippen LogP contribution in [0, 0.1) is 19.7 Å². The van der Waals surface area contributed by atoms with Gasteiger partial charge in [0.25, 0.3) is 5.56 Å². The number of nitrogens with zero attached hydrogens (tertiary/aromatic N) is 1. The Labute approximate surface area is 117 Å². The van der Waals surface area contributed by atoms with Crippen molar-refractivity contribution < 1.29 is 9.50 Å². The Balaban J connectivity index is 2.27. The summed E-state index contributed by atoms with van der Waals surface area (Å²) in [5.74, 6) is -0.883. The van der Waals surface area contributed by atoms with Gasteiger partial charge in [0.2, 0.25) is 0 Å². The van der Waals surface area contributed by atoms with Gasteiger partial charge >= 0.3 is 0 Å². The second kappa shape index (κ2) is 4.42. The third-order valence-electron chi connectivity index (χ3n) is 3.26. The van der Waals surface area contributed by atoms with E-state index in [0.29, 0.717) is 21.6 Å². The first-order chi connectivity index (χ1) is 9.47. The van der Waals surface area contributed by atoms with Crippen LogP contribution >= 0.6 is 11.3 Å². The van der Waals surface area contributed by atoms with Gasteiger partial charge in [-0.15, -0.1) is 11.3 Å². The average Bonchev–Trinajstić information content (AvgIpc) is 2.68. The van der Waals surface area contributed by atoms with E-state index in [0.717, 1.165) is 16.5 Å². The summed E-state index contributed by atoms with van der Waals surface area (Å²) in [7, 11) is 0. The predicted octanol–water partition coefficient (Wildman–Crippen LogP) is 3.11. The van der Waals surface area contributed by atoms with Crippen molar-refractivity contribution >= 4 is 21.6 Å². The highest BCUT2D eigenvalue weighted by Gasteiger charge is 2.13. The summed E-state index contributed by atoms with van der Waals surface area (Å²) in [6.07, 6.45) is 0. The Bertz CT molecular complexity index is 883. The zero-order valence-electron chi connectivity index (χ0n) is 10.8. The predicted molar refractivity (Wildman–Crippen MR) is 76.8 cm³/mol. The molecule has 2 heterocycles. The number of hydrogen-bond acceptors (Lipinski definition) is 4. The normalized spacial score (nSPS) is 11.2. The first kappa shape index (κ1) is 12.8. The Morgan fingerprint density at radius 2 is 2.10 bits per heavy atom. The number of phenols is 1. The van der Waals surface area contributed by atoms with Crippen LogP contribution in [0.4, 0.5) is 4.39 Å². The average molecular weight is 290 g/mol. The van der Waals surface area contributed by atoms with Crippen molar-refractivity contribution in [2.75, 3.05) is 0 Å². The van der Waals surface area contributed by atoms with Gasteiger partial charge in [0.1, 0.15) is 10.7 Å². The second-order valence-electron chi connectivity index (χ2n) is 4.54. The van der Waals surface area contributed by atoms with Gasteiger partial charge in [-0.3, -0.25) is 4.79 Å². The van der Waals surface area contributed by atoms with Gasteiger partial charge < -0.3 is 10.1 Å². The summed E-state index contributed by atoms with van der Waals surface area (Å²) in [6.45, 7) is 3.81. The standard InChI is InChI=1S/C14H11FN2O2S/c1-6-7(2)20-14-11(6)13(19)16-12(17-14)8-3-4-10(18)9(15)5-8/h3-5,18H,1-2H3,(H,16,17,19). The molecule has 0 fully saturated rings. The Kier molecular flexibility index (Phi) is 2.83. The smallest absolute Gasteiger partial charge is 0.260 e. The lowest BCUT2D eigenvalue weighted by molar-refractivity contribution is 0.432. The van der Waals surface area contributed by atoms with Gasteiger partial charge in [-0.25, -0.2) is 9.37 Å². The number of rotatable bonds is 1. The third-order valence-corrected chi connectivity index (χ3v) is 4.36. The first-order valence-corrected chi connectivity index (χ1v) is 6.78. The molecule has 0 aliphatic carbocycles. The first-order valence-electron chi connectivity index (χ1n) is 5.96. The highest BCUT2D eigenvalue weighted by atomic mass is 32.1. The number of aromatic amines is 1. The van der Waals surface area contributed by atoms with Crippen LogP contribution < -0.4 is 5.56 Å². The molecular formula is C14H11FN2O2S. The lowest BCUT2D eigenvalue weighted by Gasteiger charge is -2.02. The van der Waals surface area contributed by atoms with Gasteiger partial charge in [0, 0.05) is 10.4 Å². The molecule has 0 saturated heterocycles. The molecule has 3 rings (SSSR count). The summed E-state index contributed by atoms with van der Waals surface area (Å²) < 4.78 is 13.4. The van der Waals surface area contributed by atoms with Crippen molar-refractivity contribution in [3.05, 3.63) is 44.8 Å². The minimum absolute atomic E-state index is 0.236. The number of thiophene rings is 1. The van der Waals surface area contributed by atoms with Gasteiger partial charge in [-0.1, -0.05) is 0 Å². The number of aromatic nitrogens is 2. The monoisotopic (exact) mass is 290 g/mol. The van der Waals surface area contributed by atoms with E-state index in [4.69, 9.17) is 0 Å². The molecule has 1 aromatic carbocycles. The summed E-state index contributed by atoms with van der Waals surface area (Å²) in [6, 6.07) is 3.89. The van der Waals surface area contributed by atoms with Crippen LogP contribution in [0.15, 0.2) is 23.0 Å². The van der Waals surface area contributed by atoms with Crippen molar-refractivity contribution in [1.29, 1.82) is 0 Å². The Hall–Kier alpha value is -2.21.